The normalized spacial score (nSPS) is 19.8. The van der Waals surface area contributed by atoms with Gasteiger partial charge in [-0.1, -0.05) is 6.92 Å². The number of furan rings is 1. The quantitative estimate of drug-likeness (QED) is 0.741. The second-order valence-electron chi connectivity index (χ2n) is 8.03. The average Bonchev–Trinajstić information content (AvgIpc) is 3.36. The number of aryl methyl sites for hydroxylation is 1. The Morgan fingerprint density at radius 2 is 2.17 bits per heavy atom. The summed E-state index contributed by atoms with van der Waals surface area (Å²) in [5.74, 6) is 1.13. The lowest BCUT2D eigenvalue weighted by Gasteiger charge is -2.39. The maximum absolute atomic E-state index is 12.5. The van der Waals surface area contributed by atoms with Crippen LogP contribution in [0.15, 0.2) is 22.8 Å². The van der Waals surface area contributed by atoms with E-state index in [0.29, 0.717) is 22.9 Å². The van der Waals surface area contributed by atoms with Crippen LogP contribution in [-0.4, -0.2) is 52.9 Å². The maximum Gasteiger partial charge on any atom is 0.289 e. The number of nitrogens with two attached hydrogens (primary N) is 1. The van der Waals surface area contributed by atoms with Gasteiger partial charge in [0.05, 0.1) is 12.0 Å². The molecule has 0 bridgehead atoms. The minimum atomic E-state index is 0. The van der Waals surface area contributed by atoms with Crippen LogP contribution < -0.4 is 5.73 Å². The highest BCUT2D eigenvalue weighted by molar-refractivity contribution is 7.15. The van der Waals surface area contributed by atoms with Gasteiger partial charge in [0.25, 0.3) is 5.91 Å². The molecule has 0 unspecified atom stereocenters. The van der Waals surface area contributed by atoms with E-state index in [0.717, 1.165) is 51.9 Å². The molecule has 8 heteroatoms. The van der Waals surface area contributed by atoms with E-state index in [9.17, 15) is 4.79 Å². The number of aromatic nitrogens is 1. The van der Waals surface area contributed by atoms with Crippen LogP contribution in [0.3, 0.4) is 0 Å². The molecular formula is C21H31ClN4O2S. The van der Waals surface area contributed by atoms with Crippen molar-refractivity contribution in [3.05, 3.63) is 34.7 Å². The smallest absolute Gasteiger partial charge is 0.289 e. The van der Waals surface area contributed by atoms with Gasteiger partial charge >= 0.3 is 0 Å². The zero-order chi connectivity index (χ0) is 19.5. The first-order valence-corrected chi connectivity index (χ1v) is 11.3. The molecule has 6 nitrogen and oxygen atoms in total. The molecule has 1 aliphatic carbocycles. The van der Waals surface area contributed by atoms with E-state index >= 15 is 0 Å². The first-order valence-electron chi connectivity index (χ1n) is 10.4. The standard InChI is InChI=1S/C21H30N4O2S.ClH/c1-2-9-25(16-5-6-17-19(13-16)28-21(22)23-17)14-15-7-10-24(11-8-15)20(26)18-4-3-12-27-18;/h3-4,12,15-16H,2,5-11,13-14H2,1H3,(H2,22,23);1H/t16-;/m0./s1. The third-order valence-corrected chi connectivity index (χ3v) is 7.03. The molecule has 160 valence electrons. The fourth-order valence-electron chi connectivity index (χ4n) is 4.61. The fraction of sp³-hybridized carbons (Fsp3) is 0.619. The summed E-state index contributed by atoms with van der Waals surface area (Å²) in [4.78, 5) is 23.0. The molecule has 3 heterocycles. The summed E-state index contributed by atoms with van der Waals surface area (Å²) in [6.07, 6.45) is 8.17. The lowest BCUT2D eigenvalue weighted by Crippen LogP contribution is -2.45. The minimum absolute atomic E-state index is 0. The Balaban J connectivity index is 0.00000240. The van der Waals surface area contributed by atoms with E-state index in [-0.39, 0.29) is 18.3 Å². The minimum Gasteiger partial charge on any atom is -0.459 e. The SMILES string of the molecule is CCCN(CC1CCN(C(=O)c2ccco2)CC1)[C@H]1CCc2nc(N)sc2C1.Cl. The first kappa shape index (κ1) is 22.1. The van der Waals surface area contributed by atoms with E-state index < -0.39 is 0 Å². The Bertz CT molecular complexity index is 787. The number of carbonyl (C=O) groups is 1. The van der Waals surface area contributed by atoms with Gasteiger partial charge in [0.1, 0.15) is 0 Å². The number of rotatable bonds is 6. The predicted molar refractivity (Wildman–Crippen MR) is 119 cm³/mol. The molecule has 0 spiro atoms. The summed E-state index contributed by atoms with van der Waals surface area (Å²) in [5.41, 5.74) is 7.14. The average molecular weight is 439 g/mol. The summed E-state index contributed by atoms with van der Waals surface area (Å²) < 4.78 is 5.27. The van der Waals surface area contributed by atoms with Gasteiger partial charge in [-0.15, -0.1) is 23.7 Å². The predicted octanol–water partition coefficient (Wildman–Crippen LogP) is 3.86. The summed E-state index contributed by atoms with van der Waals surface area (Å²) in [6.45, 7) is 6.18. The van der Waals surface area contributed by atoms with E-state index in [4.69, 9.17) is 10.2 Å². The lowest BCUT2D eigenvalue weighted by molar-refractivity contribution is 0.0613. The van der Waals surface area contributed by atoms with Crippen LogP contribution in [0.4, 0.5) is 5.13 Å². The van der Waals surface area contributed by atoms with Crippen molar-refractivity contribution in [2.45, 2.75) is 51.5 Å². The van der Waals surface area contributed by atoms with Crippen LogP contribution >= 0.6 is 23.7 Å². The van der Waals surface area contributed by atoms with Gasteiger partial charge in [-0.25, -0.2) is 4.98 Å². The number of nitrogens with zero attached hydrogens (tertiary/aromatic N) is 3. The highest BCUT2D eigenvalue weighted by Crippen LogP contribution is 2.31. The zero-order valence-corrected chi connectivity index (χ0v) is 18.6. The van der Waals surface area contributed by atoms with Gasteiger partial charge in [0, 0.05) is 30.6 Å². The first-order chi connectivity index (χ1) is 13.6. The van der Waals surface area contributed by atoms with Gasteiger partial charge in [0.2, 0.25) is 0 Å². The number of thiazole rings is 1. The number of amides is 1. The third kappa shape index (κ3) is 5.13. The summed E-state index contributed by atoms with van der Waals surface area (Å²) in [6, 6.07) is 4.12. The van der Waals surface area contributed by atoms with Crippen LogP contribution in [0, 0.1) is 5.92 Å². The van der Waals surface area contributed by atoms with Gasteiger partial charge in [-0.2, -0.15) is 0 Å². The highest BCUT2D eigenvalue weighted by atomic mass is 35.5. The van der Waals surface area contributed by atoms with E-state index in [1.807, 2.05) is 4.90 Å². The molecule has 29 heavy (non-hydrogen) atoms. The van der Waals surface area contributed by atoms with Crippen LogP contribution in [0.5, 0.6) is 0 Å². The van der Waals surface area contributed by atoms with Crippen molar-refractivity contribution in [2.75, 3.05) is 31.9 Å². The second kappa shape index (κ2) is 9.96. The Kier molecular flexibility index (Phi) is 7.60. The van der Waals surface area contributed by atoms with Crippen LogP contribution in [0.1, 0.15) is 53.7 Å². The van der Waals surface area contributed by atoms with Gasteiger partial charge in [-0.05, 0) is 63.1 Å². The van der Waals surface area contributed by atoms with Gasteiger partial charge < -0.3 is 15.1 Å². The van der Waals surface area contributed by atoms with Crippen molar-refractivity contribution in [3.63, 3.8) is 0 Å². The molecule has 2 aliphatic rings. The zero-order valence-electron chi connectivity index (χ0n) is 17.0. The number of anilines is 1. The lowest BCUT2D eigenvalue weighted by atomic mass is 9.92. The molecule has 0 aromatic carbocycles. The molecule has 1 aliphatic heterocycles. The number of piperidine rings is 1. The van der Waals surface area contributed by atoms with Crippen molar-refractivity contribution in [1.82, 2.24) is 14.8 Å². The number of hydrogen-bond acceptors (Lipinski definition) is 6. The Morgan fingerprint density at radius 3 is 2.86 bits per heavy atom. The van der Waals surface area contributed by atoms with E-state index in [1.54, 1.807) is 29.7 Å². The Hall–Kier alpha value is -1.57. The number of halogens is 1. The maximum atomic E-state index is 12.5. The Labute approximate surface area is 182 Å². The molecule has 0 radical (unpaired) electrons. The molecule has 1 atom stereocenters. The number of hydrogen-bond donors (Lipinski definition) is 1. The number of fused-ring (bicyclic) bond motifs is 1. The van der Waals surface area contributed by atoms with Crippen LogP contribution in [0.25, 0.3) is 0 Å². The molecule has 1 saturated heterocycles. The summed E-state index contributed by atoms with van der Waals surface area (Å²) in [5, 5.41) is 0.710. The fourth-order valence-corrected chi connectivity index (χ4v) is 5.56. The van der Waals surface area contributed by atoms with Crippen molar-refractivity contribution in [1.29, 1.82) is 0 Å². The van der Waals surface area contributed by atoms with Crippen molar-refractivity contribution >= 4 is 34.8 Å². The summed E-state index contributed by atoms with van der Waals surface area (Å²) in [7, 11) is 0. The van der Waals surface area contributed by atoms with E-state index in [2.05, 4.69) is 16.8 Å². The molecule has 4 rings (SSSR count). The molecule has 0 saturated carbocycles. The van der Waals surface area contributed by atoms with Crippen molar-refractivity contribution < 1.29 is 9.21 Å². The molecule has 2 aromatic rings. The van der Waals surface area contributed by atoms with Gasteiger partial charge in [-0.3, -0.25) is 9.69 Å². The molecule has 2 aromatic heterocycles. The number of likely N-dealkylation sites (tertiary alicyclic amines) is 1. The Morgan fingerprint density at radius 1 is 1.38 bits per heavy atom. The number of nitrogen functional groups attached to an aromatic ring is 1. The largest absolute Gasteiger partial charge is 0.459 e. The second-order valence-corrected chi connectivity index (χ2v) is 9.14. The number of carbonyl (C=O) groups excluding carboxylic acids is 1. The molecule has 2 N–H and O–H groups in total. The van der Waals surface area contributed by atoms with Gasteiger partial charge in [0.15, 0.2) is 10.9 Å². The summed E-state index contributed by atoms with van der Waals surface area (Å²) >= 11 is 1.66. The molecular weight excluding hydrogens is 408 g/mol. The topological polar surface area (TPSA) is 75.6 Å². The third-order valence-electron chi connectivity index (χ3n) is 6.08. The highest BCUT2D eigenvalue weighted by Gasteiger charge is 2.30. The van der Waals surface area contributed by atoms with E-state index in [1.165, 1.54) is 23.4 Å². The molecule has 1 fully saturated rings. The van der Waals surface area contributed by atoms with Crippen LogP contribution in [0.2, 0.25) is 0 Å². The van der Waals surface area contributed by atoms with Crippen molar-refractivity contribution in [2.24, 2.45) is 5.92 Å². The monoisotopic (exact) mass is 438 g/mol. The van der Waals surface area contributed by atoms with Crippen molar-refractivity contribution in [3.8, 4) is 0 Å². The van der Waals surface area contributed by atoms with Crippen LogP contribution in [-0.2, 0) is 12.8 Å². The molecule has 1 amide bonds.